The molecule has 1 aromatic carbocycles. The molecule has 1 unspecified atom stereocenters. The van der Waals surface area contributed by atoms with Gasteiger partial charge < -0.3 is 25.6 Å². The van der Waals surface area contributed by atoms with E-state index in [1.54, 1.807) is 19.1 Å². The molecule has 1 saturated heterocycles. The average molecular weight is 487 g/mol. The molecule has 1 aliphatic carbocycles. The lowest BCUT2D eigenvalue weighted by atomic mass is 9.85. The predicted octanol–water partition coefficient (Wildman–Crippen LogP) is 4.70. The van der Waals surface area contributed by atoms with Crippen molar-refractivity contribution in [3.63, 3.8) is 0 Å². The summed E-state index contributed by atoms with van der Waals surface area (Å²) in [7, 11) is 0. The van der Waals surface area contributed by atoms with Crippen LogP contribution in [0.4, 0.5) is 15.8 Å². The van der Waals surface area contributed by atoms with Gasteiger partial charge in [-0.15, -0.1) is 0 Å². The van der Waals surface area contributed by atoms with Crippen LogP contribution in [0.5, 0.6) is 0 Å². The van der Waals surface area contributed by atoms with Gasteiger partial charge in [0.1, 0.15) is 17.9 Å². The van der Waals surface area contributed by atoms with Crippen molar-refractivity contribution in [1.82, 2.24) is 10.5 Å². The first kappa shape index (κ1) is 25.2. The van der Waals surface area contributed by atoms with Gasteiger partial charge in [0.2, 0.25) is 5.91 Å². The number of nitrogens with one attached hydrogen (secondary N) is 2. The standard InChI is InChI=1S/C26H35FN4O4/c1-16-20(15-35-31-16)25(32)30-24(18-7-5-3-2-4-6-8-18)26(33)29-21-10-9-19(22(27)23(21)28)17-11-13-34-14-12-17/h9-10,15,17-18,24H,2-8,11-14,28H2,1H3,(H,29,33)(H,30,32). The summed E-state index contributed by atoms with van der Waals surface area (Å²) in [4.78, 5) is 26.4. The molecule has 1 aliphatic heterocycles. The number of nitrogen functional groups attached to an aromatic ring is 1. The Kier molecular flexibility index (Phi) is 8.38. The van der Waals surface area contributed by atoms with E-state index in [1.807, 2.05) is 0 Å². The van der Waals surface area contributed by atoms with Crippen molar-refractivity contribution in [3.05, 3.63) is 41.0 Å². The largest absolute Gasteiger partial charge is 0.395 e. The Hall–Kier alpha value is -2.94. The highest BCUT2D eigenvalue weighted by atomic mass is 19.1. The quantitative estimate of drug-likeness (QED) is 0.510. The van der Waals surface area contributed by atoms with Crippen molar-refractivity contribution in [1.29, 1.82) is 0 Å². The summed E-state index contributed by atoms with van der Waals surface area (Å²) in [6.45, 7) is 2.86. The smallest absolute Gasteiger partial charge is 0.257 e. The van der Waals surface area contributed by atoms with Gasteiger partial charge in [-0.05, 0) is 56.1 Å². The molecule has 1 aromatic heterocycles. The summed E-state index contributed by atoms with van der Waals surface area (Å²) in [5.74, 6) is -1.30. The topological polar surface area (TPSA) is 119 Å². The van der Waals surface area contributed by atoms with E-state index in [2.05, 4.69) is 15.8 Å². The number of ether oxygens (including phenoxy) is 1. The van der Waals surface area contributed by atoms with Gasteiger partial charge in [0.15, 0.2) is 5.82 Å². The molecule has 1 atom stereocenters. The maximum absolute atomic E-state index is 15.2. The third-order valence-corrected chi connectivity index (χ3v) is 7.31. The van der Waals surface area contributed by atoms with Gasteiger partial charge in [0, 0.05) is 13.2 Å². The minimum atomic E-state index is -0.785. The Labute approximate surface area is 205 Å². The highest BCUT2D eigenvalue weighted by Crippen LogP contribution is 2.34. The van der Waals surface area contributed by atoms with Gasteiger partial charge in [-0.25, -0.2) is 4.39 Å². The molecule has 4 rings (SSSR count). The van der Waals surface area contributed by atoms with Crippen LogP contribution in [0.15, 0.2) is 22.9 Å². The molecule has 2 heterocycles. The fraction of sp³-hybridized carbons (Fsp3) is 0.577. The van der Waals surface area contributed by atoms with Gasteiger partial charge in [-0.2, -0.15) is 0 Å². The summed E-state index contributed by atoms with van der Waals surface area (Å²) < 4.78 is 25.5. The Morgan fingerprint density at radius 1 is 1.09 bits per heavy atom. The molecule has 35 heavy (non-hydrogen) atoms. The van der Waals surface area contributed by atoms with E-state index in [0.29, 0.717) is 30.0 Å². The van der Waals surface area contributed by atoms with E-state index < -0.39 is 23.7 Å². The van der Waals surface area contributed by atoms with E-state index in [-0.39, 0.29) is 23.2 Å². The summed E-state index contributed by atoms with van der Waals surface area (Å²) in [6, 6.07) is 2.57. The van der Waals surface area contributed by atoms with Gasteiger partial charge in [-0.3, -0.25) is 9.59 Å². The van der Waals surface area contributed by atoms with Gasteiger partial charge in [-0.1, -0.05) is 43.3 Å². The SMILES string of the molecule is Cc1nocc1C(=O)NC(C(=O)Nc1ccc(C2CCOCC2)c(F)c1N)C1CCCCCCC1. The lowest BCUT2D eigenvalue weighted by Gasteiger charge is -2.29. The first-order chi connectivity index (χ1) is 17.0. The zero-order chi connectivity index (χ0) is 24.8. The third-order valence-electron chi connectivity index (χ3n) is 7.31. The second kappa shape index (κ2) is 11.7. The molecule has 0 spiro atoms. The van der Waals surface area contributed by atoms with Gasteiger partial charge in [0.25, 0.3) is 5.91 Å². The van der Waals surface area contributed by atoms with Gasteiger partial charge >= 0.3 is 0 Å². The van der Waals surface area contributed by atoms with E-state index in [9.17, 15) is 9.59 Å². The van der Waals surface area contributed by atoms with Crippen molar-refractivity contribution in [2.45, 2.75) is 76.7 Å². The molecule has 9 heteroatoms. The van der Waals surface area contributed by atoms with Crippen LogP contribution in [0.1, 0.15) is 85.3 Å². The number of rotatable bonds is 6. The third kappa shape index (κ3) is 6.01. The van der Waals surface area contributed by atoms with Crippen LogP contribution in [-0.4, -0.2) is 36.2 Å². The minimum Gasteiger partial charge on any atom is -0.395 e. The van der Waals surface area contributed by atoms with Crippen LogP contribution in [0.3, 0.4) is 0 Å². The van der Waals surface area contributed by atoms with Crippen molar-refractivity contribution in [2.75, 3.05) is 24.3 Å². The first-order valence-electron chi connectivity index (χ1n) is 12.6. The Balaban J connectivity index is 1.54. The molecule has 1 saturated carbocycles. The van der Waals surface area contributed by atoms with E-state index in [1.165, 1.54) is 12.7 Å². The highest BCUT2D eigenvalue weighted by molar-refractivity contribution is 6.02. The molecular formula is C26H35FN4O4. The minimum absolute atomic E-state index is 0.0352. The van der Waals surface area contributed by atoms with Crippen molar-refractivity contribution in [3.8, 4) is 0 Å². The van der Waals surface area contributed by atoms with Crippen LogP contribution in [0.2, 0.25) is 0 Å². The fourth-order valence-corrected chi connectivity index (χ4v) is 5.20. The maximum Gasteiger partial charge on any atom is 0.257 e. The molecule has 0 radical (unpaired) electrons. The fourth-order valence-electron chi connectivity index (χ4n) is 5.20. The van der Waals surface area contributed by atoms with Crippen LogP contribution >= 0.6 is 0 Å². The predicted molar refractivity (Wildman–Crippen MR) is 131 cm³/mol. The van der Waals surface area contributed by atoms with E-state index in [4.69, 9.17) is 15.0 Å². The number of aromatic nitrogens is 1. The average Bonchev–Trinajstić information content (AvgIpc) is 3.27. The number of carbonyl (C=O) groups excluding carboxylic acids is 2. The number of amides is 2. The summed E-state index contributed by atoms with van der Waals surface area (Å²) >= 11 is 0. The molecule has 2 aromatic rings. The maximum atomic E-state index is 15.2. The number of nitrogens with zero attached hydrogens (tertiary/aromatic N) is 1. The zero-order valence-electron chi connectivity index (χ0n) is 20.3. The Morgan fingerprint density at radius 3 is 2.43 bits per heavy atom. The number of carbonyl (C=O) groups is 2. The highest BCUT2D eigenvalue weighted by Gasteiger charge is 2.32. The molecule has 2 aliphatic rings. The second-order valence-electron chi connectivity index (χ2n) is 9.68. The lowest BCUT2D eigenvalue weighted by Crippen LogP contribution is -2.49. The second-order valence-corrected chi connectivity index (χ2v) is 9.68. The Morgan fingerprint density at radius 2 is 1.77 bits per heavy atom. The summed E-state index contributed by atoms with van der Waals surface area (Å²) in [5.41, 5.74) is 7.56. The number of nitrogens with two attached hydrogens (primary N) is 1. The van der Waals surface area contributed by atoms with Crippen LogP contribution < -0.4 is 16.4 Å². The number of benzene rings is 1. The lowest BCUT2D eigenvalue weighted by molar-refractivity contribution is -0.119. The van der Waals surface area contributed by atoms with E-state index >= 15 is 4.39 Å². The van der Waals surface area contributed by atoms with E-state index in [0.717, 1.165) is 51.4 Å². The number of aryl methyl sites for hydroxylation is 1. The molecule has 2 amide bonds. The molecule has 2 fully saturated rings. The molecule has 0 bridgehead atoms. The first-order valence-corrected chi connectivity index (χ1v) is 12.6. The molecule has 4 N–H and O–H groups in total. The number of halogens is 1. The van der Waals surface area contributed by atoms with Gasteiger partial charge in [0.05, 0.1) is 17.1 Å². The van der Waals surface area contributed by atoms with Crippen LogP contribution in [-0.2, 0) is 9.53 Å². The zero-order valence-corrected chi connectivity index (χ0v) is 20.3. The van der Waals surface area contributed by atoms with Crippen molar-refractivity contribution in [2.24, 2.45) is 5.92 Å². The monoisotopic (exact) mass is 486 g/mol. The number of anilines is 2. The van der Waals surface area contributed by atoms with Crippen LogP contribution in [0.25, 0.3) is 0 Å². The summed E-state index contributed by atoms with van der Waals surface area (Å²) in [5, 5.41) is 9.46. The van der Waals surface area contributed by atoms with Crippen LogP contribution in [0, 0.1) is 18.7 Å². The number of hydrogen-bond donors (Lipinski definition) is 3. The summed E-state index contributed by atoms with van der Waals surface area (Å²) in [6.07, 6.45) is 9.79. The Bertz CT molecular complexity index is 1030. The molecule has 8 nitrogen and oxygen atoms in total. The molecule has 190 valence electrons. The van der Waals surface area contributed by atoms with Crippen molar-refractivity contribution >= 4 is 23.2 Å². The number of hydrogen-bond acceptors (Lipinski definition) is 6. The molecular weight excluding hydrogens is 451 g/mol. The van der Waals surface area contributed by atoms with Crippen molar-refractivity contribution < 1.29 is 23.2 Å². The normalized spacial score (nSPS) is 18.9.